The summed E-state index contributed by atoms with van der Waals surface area (Å²) in [5.74, 6) is 0.656. The van der Waals surface area contributed by atoms with Gasteiger partial charge in [0.05, 0.1) is 29.1 Å². The molecular weight excluding hydrogens is 322 g/mol. The van der Waals surface area contributed by atoms with E-state index in [4.69, 9.17) is 16.0 Å². The number of carbonyl (C=O) groups excluding carboxylic acids is 1. The van der Waals surface area contributed by atoms with Gasteiger partial charge in [0, 0.05) is 5.02 Å². The molecule has 0 aliphatic rings. The molecule has 0 saturated heterocycles. The van der Waals surface area contributed by atoms with Crippen LogP contribution >= 0.6 is 23.4 Å². The number of nitrogens with zero attached hydrogens (tertiary/aromatic N) is 1. The molecule has 1 amide bonds. The Bertz CT molecular complexity index is 785. The first kappa shape index (κ1) is 15.0. The molecular formula is C15H14ClN3O2S. The molecule has 0 saturated carbocycles. The van der Waals surface area contributed by atoms with Gasteiger partial charge in [-0.1, -0.05) is 23.4 Å². The minimum atomic E-state index is -0.272. The molecule has 0 bridgehead atoms. The second-order valence-corrected chi connectivity index (χ2v) is 6.53. The second-order valence-electron chi connectivity index (χ2n) is 4.76. The highest BCUT2D eigenvalue weighted by atomic mass is 35.5. The number of furan rings is 1. The van der Waals surface area contributed by atoms with Crippen LogP contribution in [0, 0.1) is 0 Å². The zero-order valence-electron chi connectivity index (χ0n) is 11.8. The van der Waals surface area contributed by atoms with E-state index in [0.29, 0.717) is 16.7 Å². The summed E-state index contributed by atoms with van der Waals surface area (Å²) in [7, 11) is 0. The highest BCUT2D eigenvalue weighted by Gasteiger charge is 2.16. The third kappa shape index (κ3) is 3.45. The van der Waals surface area contributed by atoms with Crippen molar-refractivity contribution < 1.29 is 9.21 Å². The van der Waals surface area contributed by atoms with E-state index in [2.05, 4.69) is 15.3 Å². The van der Waals surface area contributed by atoms with Crippen LogP contribution in [0.3, 0.4) is 0 Å². The first-order chi connectivity index (χ1) is 10.6. The molecule has 7 heteroatoms. The summed E-state index contributed by atoms with van der Waals surface area (Å²) in [5, 5.41) is 3.90. The molecule has 0 unspecified atom stereocenters. The van der Waals surface area contributed by atoms with Crippen molar-refractivity contribution in [3.63, 3.8) is 0 Å². The minimum absolute atomic E-state index is 0.0695. The summed E-state index contributed by atoms with van der Waals surface area (Å²) in [6, 6.07) is 9.06. The molecule has 0 aliphatic carbocycles. The van der Waals surface area contributed by atoms with Gasteiger partial charge in [-0.15, -0.1) is 0 Å². The molecule has 0 spiro atoms. The number of imidazole rings is 1. The van der Waals surface area contributed by atoms with Crippen LogP contribution in [0.15, 0.2) is 46.2 Å². The number of nitrogens with one attached hydrogen (secondary N) is 2. The van der Waals surface area contributed by atoms with Gasteiger partial charge in [-0.25, -0.2) is 4.98 Å². The average molecular weight is 336 g/mol. The maximum Gasteiger partial charge on any atom is 0.233 e. The highest BCUT2D eigenvalue weighted by Crippen LogP contribution is 2.25. The van der Waals surface area contributed by atoms with E-state index in [1.54, 1.807) is 18.4 Å². The smallest absolute Gasteiger partial charge is 0.233 e. The van der Waals surface area contributed by atoms with Gasteiger partial charge in [0.15, 0.2) is 5.16 Å². The lowest BCUT2D eigenvalue weighted by Crippen LogP contribution is -2.30. The van der Waals surface area contributed by atoms with E-state index in [0.717, 1.165) is 16.8 Å². The maximum atomic E-state index is 12.1. The SMILES string of the molecule is C[C@H](Sc1nc2ccc(Cl)cc2[nH]1)C(=O)NCc1ccco1. The fraction of sp³-hybridized carbons (Fsp3) is 0.200. The van der Waals surface area contributed by atoms with E-state index in [9.17, 15) is 4.79 Å². The Labute approximate surface area is 136 Å². The molecule has 22 heavy (non-hydrogen) atoms. The van der Waals surface area contributed by atoms with Crippen molar-refractivity contribution in [3.8, 4) is 0 Å². The van der Waals surface area contributed by atoms with Gasteiger partial charge in [-0.05, 0) is 37.3 Å². The molecule has 2 N–H and O–H groups in total. The zero-order valence-corrected chi connectivity index (χ0v) is 13.4. The number of benzene rings is 1. The standard InChI is InChI=1S/C15H14ClN3O2S/c1-9(14(20)17-8-11-3-2-6-21-11)22-15-18-12-5-4-10(16)7-13(12)19-15/h2-7,9H,8H2,1H3,(H,17,20)(H,18,19)/t9-/m0/s1. The molecule has 3 rings (SSSR count). The molecule has 0 radical (unpaired) electrons. The first-order valence-electron chi connectivity index (χ1n) is 6.74. The van der Waals surface area contributed by atoms with E-state index in [1.165, 1.54) is 11.8 Å². The number of aromatic nitrogens is 2. The lowest BCUT2D eigenvalue weighted by atomic mass is 10.3. The monoisotopic (exact) mass is 335 g/mol. The molecule has 1 atom stereocenters. The number of carbonyl (C=O) groups is 1. The van der Waals surface area contributed by atoms with Crippen LogP contribution < -0.4 is 5.32 Å². The fourth-order valence-electron chi connectivity index (χ4n) is 1.97. The van der Waals surface area contributed by atoms with Gasteiger partial charge < -0.3 is 14.7 Å². The van der Waals surface area contributed by atoms with Crippen LogP contribution in [0.5, 0.6) is 0 Å². The molecule has 2 heterocycles. The average Bonchev–Trinajstić information content (AvgIpc) is 3.12. The number of thioether (sulfide) groups is 1. The Hall–Kier alpha value is -1.92. The van der Waals surface area contributed by atoms with Gasteiger partial charge in [0.2, 0.25) is 5.91 Å². The number of amides is 1. The lowest BCUT2D eigenvalue weighted by Gasteiger charge is -2.09. The first-order valence-corrected chi connectivity index (χ1v) is 7.99. The number of fused-ring (bicyclic) bond motifs is 1. The summed E-state index contributed by atoms with van der Waals surface area (Å²) in [4.78, 5) is 19.7. The molecule has 0 fully saturated rings. The van der Waals surface area contributed by atoms with Crippen molar-refractivity contribution in [3.05, 3.63) is 47.4 Å². The van der Waals surface area contributed by atoms with Crippen LogP contribution in [-0.4, -0.2) is 21.1 Å². The van der Waals surface area contributed by atoms with E-state index in [1.807, 2.05) is 25.1 Å². The van der Waals surface area contributed by atoms with Crippen molar-refractivity contribution in [2.45, 2.75) is 23.9 Å². The highest BCUT2D eigenvalue weighted by molar-refractivity contribution is 8.00. The summed E-state index contributed by atoms with van der Waals surface area (Å²) < 4.78 is 5.18. The number of hydrogen-bond donors (Lipinski definition) is 2. The molecule has 0 aliphatic heterocycles. The molecule has 3 aromatic rings. The summed E-state index contributed by atoms with van der Waals surface area (Å²) in [6.45, 7) is 2.22. The second kappa shape index (κ2) is 6.46. The predicted molar refractivity (Wildman–Crippen MR) is 87.0 cm³/mol. The fourth-order valence-corrected chi connectivity index (χ4v) is 2.98. The Kier molecular flexibility index (Phi) is 4.40. The summed E-state index contributed by atoms with van der Waals surface area (Å²) in [6.07, 6.45) is 1.58. The Morgan fingerprint density at radius 3 is 3.14 bits per heavy atom. The number of H-pyrrole nitrogens is 1. The van der Waals surface area contributed by atoms with Crippen molar-refractivity contribution in [1.82, 2.24) is 15.3 Å². The molecule has 1 aromatic carbocycles. The summed E-state index contributed by atoms with van der Waals surface area (Å²) >= 11 is 7.31. The van der Waals surface area contributed by atoms with Crippen molar-refractivity contribution in [2.24, 2.45) is 0 Å². The van der Waals surface area contributed by atoms with Crippen LogP contribution in [-0.2, 0) is 11.3 Å². The zero-order chi connectivity index (χ0) is 15.5. The van der Waals surface area contributed by atoms with E-state index < -0.39 is 0 Å². The topological polar surface area (TPSA) is 70.9 Å². The maximum absolute atomic E-state index is 12.1. The van der Waals surface area contributed by atoms with E-state index in [-0.39, 0.29) is 11.2 Å². The third-order valence-electron chi connectivity index (χ3n) is 3.10. The van der Waals surface area contributed by atoms with Crippen LogP contribution in [0.25, 0.3) is 11.0 Å². The lowest BCUT2D eigenvalue weighted by molar-refractivity contribution is -0.120. The van der Waals surface area contributed by atoms with Crippen LogP contribution in [0.4, 0.5) is 0 Å². The minimum Gasteiger partial charge on any atom is -0.467 e. The van der Waals surface area contributed by atoms with Crippen molar-refractivity contribution in [2.75, 3.05) is 0 Å². The van der Waals surface area contributed by atoms with Crippen molar-refractivity contribution >= 4 is 40.3 Å². The number of aromatic amines is 1. The van der Waals surface area contributed by atoms with Crippen LogP contribution in [0.2, 0.25) is 5.02 Å². The Morgan fingerprint density at radius 1 is 1.50 bits per heavy atom. The molecule has 5 nitrogen and oxygen atoms in total. The van der Waals surface area contributed by atoms with Gasteiger partial charge in [0.1, 0.15) is 5.76 Å². The number of hydrogen-bond acceptors (Lipinski definition) is 4. The largest absolute Gasteiger partial charge is 0.467 e. The van der Waals surface area contributed by atoms with Gasteiger partial charge in [0.25, 0.3) is 0 Å². The normalized spacial score (nSPS) is 12.5. The predicted octanol–water partition coefficient (Wildman–Crippen LogP) is 3.61. The Balaban J connectivity index is 1.61. The van der Waals surface area contributed by atoms with Gasteiger partial charge in [-0.3, -0.25) is 4.79 Å². The quantitative estimate of drug-likeness (QED) is 0.699. The van der Waals surface area contributed by atoms with Crippen molar-refractivity contribution in [1.29, 1.82) is 0 Å². The van der Waals surface area contributed by atoms with E-state index >= 15 is 0 Å². The molecule has 2 aromatic heterocycles. The van der Waals surface area contributed by atoms with Gasteiger partial charge >= 0.3 is 0 Å². The summed E-state index contributed by atoms with van der Waals surface area (Å²) in [5.41, 5.74) is 1.69. The molecule has 114 valence electrons. The number of halogens is 1. The Morgan fingerprint density at radius 2 is 2.36 bits per heavy atom. The number of rotatable bonds is 5. The van der Waals surface area contributed by atoms with Gasteiger partial charge in [-0.2, -0.15) is 0 Å². The third-order valence-corrected chi connectivity index (χ3v) is 4.32. The van der Waals surface area contributed by atoms with Crippen LogP contribution in [0.1, 0.15) is 12.7 Å².